The van der Waals surface area contributed by atoms with Crippen LogP contribution in [0.2, 0.25) is 0 Å². The van der Waals surface area contributed by atoms with Gasteiger partial charge >= 0.3 is 0 Å². The van der Waals surface area contributed by atoms with Gasteiger partial charge in [-0.2, -0.15) is 0 Å². The first kappa shape index (κ1) is 33.7. The molecular formula is C34H49F2N3O3. The molecule has 0 heterocycles. The van der Waals surface area contributed by atoms with Crippen molar-refractivity contribution in [2.45, 2.75) is 104 Å². The highest BCUT2D eigenvalue weighted by Gasteiger charge is 2.39. The summed E-state index contributed by atoms with van der Waals surface area (Å²) in [5.74, 6) is -1.56. The zero-order chi connectivity index (χ0) is 30.5. The Bertz CT molecular complexity index is 1130. The number of aryl methyl sites for hydroxylation is 1. The van der Waals surface area contributed by atoms with Gasteiger partial charge in [-0.3, -0.25) is 9.59 Å². The molecule has 0 aromatic heterocycles. The number of hydrogen-bond acceptors (Lipinski definition) is 4. The van der Waals surface area contributed by atoms with Crippen molar-refractivity contribution in [3.63, 3.8) is 0 Å². The zero-order valence-electron chi connectivity index (χ0n) is 25.6. The smallest absolute Gasteiger partial charge is 0.223 e. The van der Waals surface area contributed by atoms with Crippen LogP contribution >= 0.6 is 0 Å². The summed E-state index contributed by atoms with van der Waals surface area (Å²) in [5, 5.41) is 17.4. The minimum absolute atomic E-state index is 0.0707. The average molecular weight is 586 g/mol. The van der Waals surface area contributed by atoms with Crippen LogP contribution in [-0.4, -0.2) is 53.6 Å². The van der Waals surface area contributed by atoms with Crippen LogP contribution in [0.3, 0.4) is 0 Å². The molecule has 1 aliphatic rings. The van der Waals surface area contributed by atoms with Gasteiger partial charge in [0.15, 0.2) is 0 Å². The summed E-state index contributed by atoms with van der Waals surface area (Å²) in [4.78, 5) is 28.7. The molecule has 3 rings (SSSR count). The lowest BCUT2D eigenvalue weighted by molar-refractivity contribution is -0.135. The Hall–Kier alpha value is -2.84. The number of nitrogens with one attached hydrogen (secondary N) is 2. The molecule has 0 spiro atoms. The Morgan fingerprint density at radius 3 is 2.19 bits per heavy atom. The van der Waals surface area contributed by atoms with E-state index in [2.05, 4.69) is 43.5 Å². The molecule has 6 nitrogen and oxygen atoms in total. The van der Waals surface area contributed by atoms with Gasteiger partial charge in [0.05, 0.1) is 12.1 Å². The molecular weight excluding hydrogens is 536 g/mol. The number of nitrogens with zero attached hydrogens (tertiary/aromatic N) is 1. The summed E-state index contributed by atoms with van der Waals surface area (Å²) in [6.07, 6.45) is 5.84. The van der Waals surface area contributed by atoms with Crippen LogP contribution in [0.5, 0.6) is 0 Å². The maximum Gasteiger partial charge on any atom is 0.223 e. The fraction of sp³-hybridized carbons (Fsp3) is 0.588. The predicted octanol–water partition coefficient (Wildman–Crippen LogP) is 5.69. The van der Waals surface area contributed by atoms with E-state index in [0.29, 0.717) is 31.6 Å². The van der Waals surface area contributed by atoms with Crippen LogP contribution in [-0.2, 0) is 29.0 Å². The first-order valence-electron chi connectivity index (χ1n) is 15.7. The lowest BCUT2D eigenvalue weighted by Crippen LogP contribution is -2.49. The molecule has 232 valence electrons. The van der Waals surface area contributed by atoms with Crippen molar-refractivity contribution in [3.8, 4) is 0 Å². The summed E-state index contributed by atoms with van der Waals surface area (Å²) in [6.45, 7) is 8.36. The molecule has 0 bridgehead atoms. The first-order chi connectivity index (χ1) is 20.2. The highest BCUT2D eigenvalue weighted by molar-refractivity contribution is 5.80. The van der Waals surface area contributed by atoms with Crippen LogP contribution in [0.4, 0.5) is 8.78 Å². The van der Waals surface area contributed by atoms with E-state index in [9.17, 15) is 23.5 Å². The largest absolute Gasteiger partial charge is 0.390 e. The molecule has 0 unspecified atom stereocenters. The van der Waals surface area contributed by atoms with Gasteiger partial charge in [0.25, 0.3) is 0 Å². The summed E-state index contributed by atoms with van der Waals surface area (Å²) < 4.78 is 27.9. The van der Waals surface area contributed by atoms with Gasteiger partial charge in [-0.1, -0.05) is 57.9 Å². The van der Waals surface area contributed by atoms with E-state index in [4.69, 9.17) is 0 Å². The van der Waals surface area contributed by atoms with Crippen molar-refractivity contribution in [3.05, 3.63) is 70.8 Å². The summed E-state index contributed by atoms with van der Waals surface area (Å²) in [5.41, 5.74) is 2.25. The Morgan fingerprint density at radius 2 is 1.57 bits per heavy atom. The molecule has 0 radical (unpaired) electrons. The SMILES string of the molecule is CCCN(CCC)C(=O)CC1(CC(=O)N[C@@H](Cc2cc(F)cc(F)c2)[C@H](O)CNCc2cccc(CC)c2)CCCC1. The Morgan fingerprint density at radius 1 is 0.929 bits per heavy atom. The number of rotatable bonds is 17. The quantitative estimate of drug-likeness (QED) is 0.223. The van der Waals surface area contributed by atoms with E-state index in [1.54, 1.807) is 0 Å². The van der Waals surface area contributed by atoms with Crippen LogP contribution < -0.4 is 10.6 Å². The number of benzene rings is 2. The lowest BCUT2D eigenvalue weighted by atomic mass is 9.78. The number of amides is 2. The van der Waals surface area contributed by atoms with Gasteiger partial charge in [-0.25, -0.2) is 8.78 Å². The molecule has 8 heteroatoms. The topological polar surface area (TPSA) is 81.7 Å². The molecule has 0 saturated heterocycles. The maximum absolute atomic E-state index is 14.0. The van der Waals surface area contributed by atoms with E-state index in [-0.39, 0.29) is 31.2 Å². The highest BCUT2D eigenvalue weighted by Crippen LogP contribution is 2.44. The van der Waals surface area contributed by atoms with E-state index in [1.165, 1.54) is 17.7 Å². The Kier molecular flexibility index (Phi) is 13.4. The molecule has 2 aromatic carbocycles. The third kappa shape index (κ3) is 10.5. The number of carbonyl (C=O) groups excluding carboxylic acids is 2. The minimum atomic E-state index is -1.000. The molecule has 0 aliphatic heterocycles. The van der Waals surface area contributed by atoms with Crippen molar-refractivity contribution < 1.29 is 23.5 Å². The van der Waals surface area contributed by atoms with Gasteiger partial charge in [0.1, 0.15) is 11.6 Å². The number of aliphatic hydroxyl groups excluding tert-OH is 1. The fourth-order valence-electron chi connectivity index (χ4n) is 6.21. The lowest BCUT2D eigenvalue weighted by Gasteiger charge is -2.32. The van der Waals surface area contributed by atoms with Gasteiger partial charge in [-0.05, 0) is 72.8 Å². The average Bonchev–Trinajstić information content (AvgIpc) is 3.39. The molecule has 42 heavy (non-hydrogen) atoms. The molecule has 2 aromatic rings. The summed E-state index contributed by atoms with van der Waals surface area (Å²) in [6, 6.07) is 10.7. The molecule has 1 fully saturated rings. The number of aliphatic hydroxyl groups is 1. The second-order valence-electron chi connectivity index (χ2n) is 12.0. The van der Waals surface area contributed by atoms with Crippen molar-refractivity contribution >= 4 is 11.8 Å². The van der Waals surface area contributed by atoms with Crippen LogP contribution in [0.15, 0.2) is 42.5 Å². The van der Waals surface area contributed by atoms with E-state index in [0.717, 1.165) is 56.6 Å². The zero-order valence-corrected chi connectivity index (χ0v) is 25.6. The normalized spacial score (nSPS) is 15.8. The van der Waals surface area contributed by atoms with Crippen LogP contribution in [0, 0.1) is 17.0 Å². The molecule has 1 aliphatic carbocycles. The predicted molar refractivity (Wildman–Crippen MR) is 163 cm³/mol. The van der Waals surface area contributed by atoms with E-state index >= 15 is 0 Å². The number of hydrogen-bond donors (Lipinski definition) is 3. The standard InChI is InChI=1S/C34H49F2N3O3/c1-4-14-39(15-5-2)33(42)22-34(12-7-8-13-34)21-32(41)38-30(19-27-17-28(35)20-29(36)18-27)31(40)24-37-23-26-11-9-10-25(6-3)16-26/h9-11,16-18,20,30-31,37,40H,4-8,12-15,19,21-24H2,1-3H3,(H,38,41)/t30-,31+/m0/s1. The third-order valence-corrected chi connectivity index (χ3v) is 8.34. The fourth-order valence-corrected chi connectivity index (χ4v) is 6.21. The van der Waals surface area contributed by atoms with Crippen molar-refractivity contribution in [1.82, 2.24) is 15.5 Å². The minimum Gasteiger partial charge on any atom is -0.390 e. The van der Waals surface area contributed by atoms with E-state index < -0.39 is 29.2 Å². The van der Waals surface area contributed by atoms with Gasteiger partial charge in [0.2, 0.25) is 11.8 Å². The molecule has 1 saturated carbocycles. The first-order valence-corrected chi connectivity index (χ1v) is 15.7. The number of carbonyl (C=O) groups is 2. The molecule has 2 amide bonds. The number of halogens is 2. The molecule has 3 N–H and O–H groups in total. The Balaban J connectivity index is 1.70. The van der Waals surface area contributed by atoms with Crippen LogP contribution in [0.25, 0.3) is 0 Å². The Labute approximate surface area is 250 Å². The highest BCUT2D eigenvalue weighted by atomic mass is 19.1. The van der Waals surface area contributed by atoms with E-state index in [1.807, 2.05) is 17.0 Å². The van der Waals surface area contributed by atoms with Crippen molar-refractivity contribution in [2.24, 2.45) is 5.41 Å². The monoisotopic (exact) mass is 585 g/mol. The third-order valence-electron chi connectivity index (χ3n) is 8.34. The van der Waals surface area contributed by atoms with Crippen LogP contribution in [0.1, 0.15) is 88.8 Å². The van der Waals surface area contributed by atoms with Gasteiger partial charge in [0, 0.05) is 45.1 Å². The van der Waals surface area contributed by atoms with Gasteiger partial charge < -0.3 is 20.6 Å². The maximum atomic E-state index is 14.0. The van der Waals surface area contributed by atoms with Crippen molar-refractivity contribution in [1.29, 1.82) is 0 Å². The molecule has 2 atom stereocenters. The summed E-state index contributed by atoms with van der Waals surface area (Å²) in [7, 11) is 0. The summed E-state index contributed by atoms with van der Waals surface area (Å²) >= 11 is 0. The van der Waals surface area contributed by atoms with Crippen molar-refractivity contribution in [2.75, 3.05) is 19.6 Å². The second kappa shape index (κ2) is 16.7. The van der Waals surface area contributed by atoms with Gasteiger partial charge in [-0.15, -0.1) is 0 Å². The second-order valence-corrected chi connectivity index (χ2v) is 12.0.